The summed E-state index contributed by atoms with van der Waals surface area (Å²) in [6.45, 7) is 3.72. The van der Waals surface area contributed by atoms with Crippen molar-refractivity contribution in [2.75, 3.05) is 0 Å². The second-order valence-electron chi connectivity index (χ2n) is 3.99. The van der Waals surface area contributed by atoms with E-state index in [9.17, 15) is 9.59 Å². The van der Waals surface area contributed by atoms with Crippen LogP contribution in [-0.4, -0.2) is 24.2 Å². The minimum atomic E-state index is -2.09. The molecular weight excluding hydrogens is 196 g/mol. The van der Waals surface area contributed by atoms with Gasteiger partial charge in [0, 0.05) is 0 Å². The van der Waals surface area contributed by atoms with Gasteiger partial charge in [0.2, 0.25) is 0 Å². The van der Waals surface area contributed by atoms with Crippen molar-refractivity contribution in [2.45, 2.75) is 19.1 Å². The van der Waals surface area contributed by atoms with Crippen molar-refractivity contribution < 1.29 is 14.7 Å². The molecule has 1 aromatic carbocycles. The van der Waals surface area contributed by atoms with E-state index in [0.717, 1.165) is 5.56 Å². The van der Waals surface area contributed by atoms with Crippen molar-refractivity contribution in [3.63, 3.8) is 0 Å². The van der Waals surface area contributed by atoms with Crippen LogP contribution < -0.4 is 0 Å². The van der Waals surface area contributed by atoms with Crippen molar-refractivity contribution in [3.8, 4) is 0 Å². The van der Waals surface area contributed by atoms with Crippen molar-refractivity contribution in [3.05, 3.63) is 35.4 Å². The molecule has 0 aliphatic rings. The van der Waals surface area contributed by atoms with Gasteiger partial charge in [0.15, 0.2) is 8.32 Å². The van der Waals surface area contributed by atoms with Crippen LogP contribution in [0.3, 0.4) is 0 Å². The Morgan fingerprint density at radius 1 is 1.29 bits per heavy atom. The van der Waals surface area contributed by atoms with Gasteiger partial charge in [0.1, 0.15) is 0 Å². The molecule has 0 saturated carbocycles. The topological polar surface area (TPSA) is 57.5 Å². The molecule has 0 heterocycles. The molecule has 2 N–H and O–H groups in total. The predicted molar refractivity (Wildman–Crippen MR) is 56.8 cm³/mol. The van der Waals surface area contributed by atoms with Gasteiger partial charge < -0.3 is 9.90 Å². The van der Waals surface area contributed by atoms with E-state index >= 15 is 0 Å². The van der Waals surface area contributed by atoms with Crippen molar-refractivity contribution in [2.24, 2.45) is 0 Å². The van der Waals surface area contributed by atoms with Gasteiger partial charge >= 0.3 is 5.97 Å². The third kappa shape index (κ3) is 3.31. The molecule has 0 atom stereocenters. The molecule has 0 aromatic heterocycles. The van der Waals surface area contributed by atoms with Crippen LogP contribution in [0.2, 0.25) is 13.1 Å². The number of carboxylic acid groups (broad SMARTS) is 1. The van der Waals surface area contributed by atoms with Gasteiger partial charge in [0.05, 0.1) is 5.56 Å². The van der Waals surface area contributed by atoms with Gasteiger partial charge in [-0.25, -0.2) is 4.79 Å². The van der Waals surface area contributed by atoms with Crippen molar-refractivity contribution >= 4 is 14.3 Å². The molecule has 0 aliphatic carbocycles. The Hall–Kier alpha value is -1.13. The minimum Gasteiger partial charge on any atom is -0.478 e. The van der Waals surface area contributed by atoms with E-state index in [0.29, 0.717) is 6.04 Å². The van der Waals surface area contributed by atoms with Gasteiger partial charge in [0.25, 0.3) is 0 Å². The maximum absolute atomic E-state index is 10.6. The molecular formula is C10H14O3Si. The SMILES string of the molecule is C[Si](C)(O)Cc1ccc(C(=O)O)cc1. The van der Waals surface area contributed by atoms with E-state index in [1.54, 1.807) is 24.3 Å². The largest absolute Gasteiger partial charge is 0.478 e. The number of carboxylic acids is 1. The van der Waals surface area contributed by atoms with E-state index in [1.807, 2.05) is 13.1 Å². The number of aromatic carboxylic acids is 1. The first kappa shape index (κ1) is 10.9. The summed E-state index contributed by atoms with van der Waals surface area (Å²) < 4.78 is 0. The van der Waals surface area contributed by atoms with Gasteiger partial charge in [-0.3, -0.25) is 0 Å². The van der Waals surface area contributed by atoms with Gasteiger partial charge in [-0.05, 0) is 36.8 Å². The summed E-state index contributed by atoms with van der Waals surface area (Å²) >= 11 is 0. The van der Waals surface area contributed by atoms with Crippen LogP contribution in [0, 0.1) is 0 Å². The summed E-state index contributed by atoms with van der Waals surface area (Å²) in [5.41, 5.74) is 1.28. The maximum Gasteiger partial charge on any atom is 0.335 e. The minimum absolute atomic E-state index is 0.283. The zero-order chi connectivity index (χ0) is 10.8. The van der Waals surface area contributed by atoms with E-state index in [1.165, 1.54) is 0 Å². The first-order valence-electron chi connectivity index (χ1n) is 4.43. The number of hydrogen-bond donors (Lipinski definition) is 2. The average molecular weight is 210 g/mol. The second-order valence-corrected chi connectivity index (χ2v) is 7.97. The molecule has 3 nitrogen and oxygen atoms in total. The lowest BCUT2D eigenvalue weighted by Crippen LogP contribution is -2.28. The van der Waals surface area contributed by atoms with Crippen LogP contribution in [0.1, 0.15) is 15.9 Å². The number of rotatable bonds is 3. The molecule has 14 heavy (non-hydrogen) atoms. The molecule has 0 radical (unpaired) electrons. The second kappa shape index (κ2) is 3.94. The standard InChI is InChI=1S/C10H14O3Si/c1-14(2,13)7-8-3-5-9(6-4-8)10(11)12/h3-6,13H,7H2,1-2H3,(H,11,12). The molecule has 0 fully saturated rings. The molecule has 0 saturated heterocycles. The fourth-order valence-electron chi connectivity index (χ4n) is 1.26. The highest BCUT2D eigenvalue weighted by Crippen LogP contribution is 2.10. The Morgan fingerprint density at radius 2 is 1.79 bits per heavy atom. The number of benzene rings is 1. The first-order valence-corrected chi connectivity index (χ1v) is 7.58. The molecule has 1 rings (SSSR count). The smallest absolute Gasteiger partial charge is 0.335 e. The van der Waals surface area contributed by atoms with Gasteiger partial charge in [-0.15, -0.1) is 0 Å². The third-order valence-corrected chi connectivity index (χ3v) is 3.11. The van der Waals surface area contributed by atoms with Crippen LogP contribution >= 0.6 is 0 Å². The van der Waals surface area contributed by atoms with Gasteiger partial charge in [-0.2, -0.15) is 0 Å². The fraction of sp³-hybridized carbons (Fsp3) is 0.300. The Kier molecular flexibility index (Phi) is 3.08. The number of hydrogen-bond acceptors (Lipinski definition) is 2. The normalized spacial score (nSPS) is 11.4. The Morgan fingerprint density at radius 3 is 2.14 bits per heavy atom. The van der Waals surface area contributed by atoms with E-state index in [2.05, 4.69) is 0 Å². The quantitative estimate of drug-likeness (QED) is 0.746. The summed E-state index contributed by atoms with van der Waals surface area (Å²) in [6, 6.07) is 7.31. The molecule has 4 heteroatoms. The van der Waals surface area contributed by atoms with Crippen LogP contribution in [0.25, 0.3) is 0 Å². The first-order chi connectivity index (χ1) is 6.38. The summed E-state index contributed by atoms with van der Waals surface area (Å²) in [7, 11) is -2.09. The molecule has 0 aliphatic heterocycles. The summed E-state index contributed by atoms with van der Waals surface area (Å²) in [5, 5.41) is 8.67. The highest BCUT2D eigenvalue weighted by molar-refractivity contribution is 6.69. The summed E-state index contributed by atoms with van der Waals surface area (Å²) in [6.07, 6.45) is 0. The van der Waals surface area contributed by atoms with Crippen LogP contribution in [0.4, 0.5) is 0 Å². The lowest BCUT2D eigenvalue weighted by molar-refractivity contribution is 0.0697. The number of carbonyl (C=O) groups is 1. The Bertz CT molecular complexity index is 324. The predicted octanol–water partition coefficient (Wildman–Crippen LogP) is 1.66. The van der Waals surface area contributed by atoms with Gasteiger partial charge in [-0.1, -0.05) is 12.1 Å². The fourth-order valence-corrected chi connectivity index (χ4v) is 2.50. The van der Waals surface area contributed by atoms with E-state index < -0.39 is 14.3 Å². The van der Waals surface area contributed by atoms with Crippen LogP contribution in [0.15, 0.2) is 24.3 Å². The van der Waals surface area contributed by atoms with Crippen molar-refractivity contribution in [1.29, 1.82) is 0 Å². The zero-order valence-corrected chi connectivity index (χ0v) is 9.32. The summed E-state index contributed by atoms with van der Waals surface area (Å²) in [5.74, 6) is -0.919. The Balaban J connectivity index is 2.79. The van der Waals surface area contributed by atoms with Crippen LogP contribution in [0.5, 0.6) is 0 Å². The molecule has 0 spiro atoms. The highest BCUT2D eigenvalue weighted by Gasteiger charge is 2.17. The molecule has 0 amide bonds. The maximum atomic E-state index is 10.6. The Labute approximate surface area is 84.1 Å². The monoisotopic (exact) mass is 210 g/mol. The average Bonchev–Trinajstić information content (AvgIpc) is 2.02. The molecule has 0 unspecified atom stereocenters. The summed E-state index contributed by atoms with van der Waals surface area (Å²) in [4.78, 5) is 20.2. The van der Waals surface area contributed by atoms with E-state index in [-0.39, 0.29) is 5.56 Å². The molecule has 1 aromatic rings. The van der Waals surface area contributed by atoms with Crippen molar-refractivity contribution in [1.82, 2.24) is 0 Å². The lowest BCUT2D eigenvalue weighted by atomic mass is 10.1. The highest BCUT2D eigenvalue weighted by atomic mass is 28.4. The lowest BCUT2D eigenvalue weighted by Gasteiger charge is -2.13. The molecule has 0 bridgehead atoms. The van der Waals surface area contributed by atoms with E-state index in [4.69, 9.17) is 5.11 Å². The molecule has 76 valence electrons. The zero-order valence-electron chi connectivity index (χ0n) is 8.32. The third-order valence-electron chi connectivity index (χ3n) is 1.84. The van der Waals surface area contributed by atoms with Crippen LogP contribution in [-0.2, 0) is 6.04 Å².